The van der Waals surface area contributed by atoms with Crippen LogP contribution >= 0.6 is 0 Å². The molecular formula is C13H25F3N2. The molecule has 18 heavy (non-hydrogen) atoms. The summed E-state index contributed by atoms with van der Waals surface area (Å²) in [6, 6.07) is 0.0130. The second-order valence-electron chi connectivity index (χ2n) is 5.29. The maximum atomic E-state index is 12.6. The number of halogens is 3. The Bertz CT molecular complexity index is 231. The maximum absolute atomic E-state index is 12.6. The first-order valence-corrected chi connectivity index (χ1v) is 6.98. The van der Waals surface area contributed by atoms with Crippen LogP contribution in [0, 0.1) is 5.92 Å². The molecule has 2 unspecified atom stereocenters. The Morgan fingerprint density at radius 2 is 1.83 bits per heavy atom. The minimum Gasteiger partial charge on any atom is -0.330 e. The summed E-state index contributed by atoms with van der Waals surface area (Å²) in [6.45, 7) is 2.16. The molecule has 0 amide bonds. The lowest BCUT2D eigenvalue weighted by Crippen LogP contribution is -2.47. The second-order valence-corrected chi connectivity index (χ2v) is 5.29. The normalized spacial score (nSPS) is 26.3. The van der Waals surface area contributed by atoms with Crippen LogP contribution in [0.1, 0.15) is 45.4 Å². The van der Waals surface area contributed by atoms with Crippen molar-refractivity contribution in [1.29, 1.82) is 0 Å². The topological polar surface area (TPSA) is 29.3 Å². The van der Waals surface area contributed by atoms with E-state index in [0.717, 1.165) is 38.5 Å². The SMILES string of the molecule is CCCN(CC(F)(F)F)C1CCCCCC1CN. The van der Waals surface area contributed by atoms with Crippen molar-refractivity contribution in [2.45, 2.75) is 57.7 Å². The van der Waals surface area contributed by atoms with E-state index >= 15 is 0 Å². The van der Waals surface area contributed by atoms with E-state index in [1.807, 2.05) is 6.92 Å². The van der Waals surface area contributed by atoms with Gasteiger partial charge >= 0.3 is 6.18 Å². The molecule has 2 N–H and O–H groups in total. The van der Waals surface area contributed by atoms with E-state index in [2.05, 4.69) is 0 Å². The summed E-state index contributed by atoms with van der Waals surface area (Å²) in [5, 5.41) is 0. The Morgan fingerprint density at radius 1 is 1.17 bits per heavy atom. The fourth-order valence-electron chi connectivity index (χ4n) is 3.00. The van der Waals surface area contributed by atoms with Crippen molar-refractivity contribution < 1.29 is 13.2 Å². The number of rotatable bonds is 5. The van der Waals surface area contributed by atoms with E-state index in [0.29, 0.717) is 13.1 Å². The molecule has 0 bridgehead atoms. The van der Waals surface area contributed by atoms with Crippen LogP contribution in [0.15, 0.2) is 0 Å². The van der Waals surface area contributed by atoms with Gasteiger partial charge in [0.2, 0.25) is 0 Å². The Morgan fingerprint density at radius 3 is 2.39 bits per heavy atom. The molecule has 0 saturated heterocycles. The van der Waals surface area contributed by atoms with Gasteiger partial charge in [0, 0.05) is 6.04 Å². The molecule has 2 atom stereocenters. The van der Waals surface area contributed by atoms with Crippen molar-refractivity contribution in [2.75, 3.05) is 19.6 Å². The summed E-state index contributed by atoms with van der Waals surface area (Å²) in [5.74, 6) is 0.224. The van der Waals surface area contributed by atoms with Gasteiger partial charge < -0.3 is 5.73 Å². The van der Waals surface area contributed by atoms with Gasteiger partial charge in [0.25, 0.3) is 0 Å². The predicted molar refractivity (Wildman–Crippen MR) is 67.3 cm³/mol. The quantitative estimate of drug-likeness (QED) is 0.774. The zero-order valence-corrected chi connectivity index (χ0v) is 11.2. The summed E-state index contributed by atoms with van der Waals surface area (Å²) in [4.78, 5) is 1.61. The van der Waals surface area contributed by atoms with E-state index in [9.17, 15) is 13.2 Å². The third-order valence-electron chi connectivity index (χ3n) is 3.78. The first-order chi connectivity index (χ1) is 8.48. The lowest BCUT2D eigenvalue weighted by molar-refractivity contribution is -0.153. The molecule has 0 heterocycles. The molecule has 1 fully saturated rings. The van der Waals surface area contributed by atoms with Crippen molar-refractivity contribution in [1.82, 2.24) is 4.90 Å². The van der Waals surface area contributed by atoms with Gasteiger partial charge in [0.1, 0.15) is 0 Å². The summed E-state index contributed by atoms with van der Waals surface area (Å²) >= 11 is 0. The van der Waals surface area contributed by atoms with Gasteiger partial charge in [0.05, 0.1) is 6.54 Å². The van der Waals surface area contributed by atoms with Gasteiger partial charge in [-0.2, -0.15) is 13.2 Å². The molecule has 0 aromatic heterocycles. The van der Waals surface area contributed by atoms with Crippen LogP contribution in [0.2, 0.25) is 0 Å². The number of hydrogen-bond acceptors (Lipinski definition) is 2. The maximum Gasteiger partial charge on any atom is 0.401 e. The summed E-state index contributed by atoms with van der Waals surface area (Å²) in [6.07, 6.45) is 1.73. The third-order valence-corrected chi connectivity index (χ3v) is 3.78. The standard InChI is InChI=1S/C13H25F3N2/c1-2-8-18(10-13(14,15)16)12-7-5-3-4-6-11(12)9-17/h11-12H,2-10,17H2,1H3. The molecule has 0 aromatic carbocycles. The molecular weight excluding hydrogens is 241 g/mol. The van der Waals surface area contributed by atoms with Crippen molar-refractivity contribution in [3.8, 4) is 0 Å². The average Bonchev–Trinajstić information content (AvgIpc) is 2.51. The molecule has 1 aliphatic rings. The molecule has 1 rings (SSSR count). The fourth-order valence-corrected chi connectivity index (χ4v) is 3.00. The first-order valence-electron chi connectivity index (χ1n) is 6.98. The van der Waals surface area contributed by atoms with Gasteiger partial charge in [-0.3, -0.25) is 4.90 Å². The Balaban J connectivity index is 2.73. The molecule has 108 valence electrons. The van der Waals surface area contributed by atoms with Gasteiger partial charge in [0.15, 0.2) is 0 Å². The van der Waals surface area contributed by atoms with E-state index in [1.54, 1.807) is 4.90 Å². The van der Waals surface area contributed by atoms with Gasteiger partial charge in [-0.25, -0.2) is 0 Å². The van der Waals surface area contributed by atoms with Crippen LogP contribution in [0.3, 0.4) is 0 Å². The fraction of sp³-hybridized carbons (Fsp3) is 1.00. The molecule has 2 nitrogen and oxygen atoms in total. The Kier molecular flexibility index (Phi) is 6.43. The van der Waals surface area contributed by atoms with Crippen LogP contribution in [0.4, 0.5) is 13.2 Å². The van der Waals surface area contributed by atoms with E-state index in [1.165, 1.54) is 0 Å². The van der Waals surface area contributed by atoms with E-state index in [4.69, 9.17) is 5.73 Å². The number of hydrogen-bond donors (Lipinski definition) is 1. The van der Waals surface area contributed by atoms with Crippen LogP contribution < -0.4 is 5.73 Å². The van der Waals surface area contributed by atoms with Crippen molar-refractivity contribution in [2.24, 2.45) is 11.7 Å². The summed E-state index contributed by atoms with van der Waals surface area (Å²) in [5.41, 5.74) is 5.75. The van der Waals surface area contributed by atoms with Crippen LogP contribution in [0.5, 0.6) is 0 Å². The van der Waals surface area contributed by atoms with Crippen LogP contribution in [0.25, 0.3) is 0 Å². The molecule has 1 saturated carbocycles. The predicted octanol–water partition coefficient (Wildman–Crippen LogP) is 3.17. The van der Waals surface area contributed by atoms with E-state index < -0.39 is 12.7 Å². The van der Waals surface area contributed by atoms with Crippen molar-refractivity contribution in [3.05, 3.63) is 0 Å². The van der Waals surface area contributed by atoms with Gasteiger partial charge in [-0.15, -0.1) is 0 Å². The molecule has 1 aliphatic carbocycles. The van der Waals surface area contributed by atoms with Crippen LogP contribution in [-0.4, -0.2) is 36.8 Å². The van der Waals surface area contributed by atoms with E-state index in [-0.39, 0.29) is 12.0 Å². The first kappa shape index (κ1) is 15.8. The van der Waals surface area contributed by atoms with Crippen LogP contribution in [-0.2, 0) is 0 Å². The lowest BCUT2D eigenvalue weighted by Gasteiger charge is -2.36. The van der Waals surface area contributed by atoms with Gasteiger partial charge in [-0.1, -0.05) is 26.2 Å². The average molecular weight is 266 g/mol. The lowest BCUT2D eigenvalue weighted by atomic mass is 9.93. The highest BCUT2D eigenvalue weighted by atomic mass is 19.4. The Hall–Kier alpha value is -0.290. The molecule has 0 spiro atoms. The minimum absolute atomic E-state index is 0.0130. The molecule has 0 radical (unpaired) electrons. The zero-order valence-electron chi connectivity index (χ0n) is 11.2. The highest BCUT2D eigenvalue weighted by Crippen LogP contribution is 2.29. The second kappa shape index (κ2) is 7.34. The monoisotopic (exact) mass is 266 g/mol. The Labute approximate surface area is 108 Å². The largest absolute Gasteiger partial charge is 0.401 e. The number of nitrogens with two attached hydrogens (primary N) is 1. The van der Waals surface area contributed by atoms with Gasteiger partial charge in [-0.05, 0) is 38.3 Å². The molecule has 0 aromatic rings. The number of alkyl halides is 3. The van der Waals surface area contributed by atoms with Crippen molar-refractivity contribution in [3.63, 3.8) is 0 Å². The molecule has 0 aliphatic heterocycles. The highest BCUT2D eigenvalue weighted by Gasteiger charge is 2.36. The molecule has 5 heteroatoms. The smallest absolute Gasteiger partial charge is 0.330 e. The summed E-state index contributed by atoms with van der Waals surface area (Å²) < 4.78 is 37.9. The van der Waals surface area contributed by atoms with Crippen molar-refractivity contribution >= 4 is 0 Å². The third kappa shape index (κ3) is 5.14. The summed E-state index contributed by atoms with van der Waals surface area (Å²) in [7, 11) is 0. The minimum atomic E-state index is -4.11. The zero-order chi connectivity index (χ0) is 13.6. The number of nitrogens with zero attached hydrogens (tertiary/aromatic N) is 1. The highest BCUT2D eigenvalue weighted by molar-refractivity contribution is 4.83.